The molecule has 1 aromatic heterocycles. The van der Waals surface area contributed by atoms with Crippen molar-refractivity contribution in [2.75, 3.05) is 11.9 Å². The third kappa shape index (κ3) is 6.11. The SMILES string of the molecule is CCCNC(=O)CCC(=O)Nc1ncn(Cc2ccc(Br)cc2)n1. The van der Waals surface area contributed by atoms with Crippen molar-refractivity contribution in [3.63, 3.8) is 0 Å². The summed E-state index contributed by atoms with van der Waals surface area (Å²) < 4.78 is 2.66. The Morgan fingerprint density at radius 3 is 2.58 bits per heavy atom. The third-order valence-corrected chi connectivity index (χ3v) is 3.73. The quantitative estimate of drug-likeness (QED) is 0.719. The van der Waals surface area contributed by atoms with Crippen LogP contribution >= 0.6 is 15.9 Å². The molecule has 2 amide bonds. The standard InChI is InChI=1S/C16H20BrN5O2/c1-2-9-18-14(23)7-8-15(24)20-16-19-11-22(21-16)10-12-3-5-13(17)6-4-12/h3-6,11H,2,7-10H2,1H3,(H,18,23)(H,20,21,24). The fourth-order valence-corrected chi connectivity index (χ4v) is 2.24. The van der Waals surface area contributed by atoms with Crippen LogP contribution in [0, 0.1) is 0 Å². The van der Waals surface area contributed by atoms with E-state index in [0.717, 1.165) is 16.5 Å². The molecule has 128 valence electrons. The van der Waals surface area contributed by atoms with Gasteiger partial charge in [0.25, 0.3) is 0 Å². The topological polar surface area (TPSA) is 88.9 Å². The van der Waals surface area contributed by atoms with Crippen LogP contribution in [0.15, 0.2) is 35.1 Å². The van der Waals surface area contributed by atoms with Crippen LogP contribution in [-0.4, -0.2) is 33.1 Å². The number of hydrogen-bond donors (Lipinski definition) is 2. The van der Waals surface area contributed by atoms with Gasteiger partial charge in [-0.25, -0.2) is 9.67 Å². The van der Waals surface area contributed by atoms with Crippen LogP contribution in [0.5, 0.6) is 0 Å². The number of nitrogens with one attached hydrogen (secondary N) is 2. The van der Waals surface area contributed by atoms with Gasteiger partial charge in [-0.15, -0.1) is 5.10 Å². The summed E-state index contributed by atoms with van der Waals surface area (Å²) in [6.07, 6.45) is 2.70. The fourth-order valence-electron chi connectivity index (χ4n) is 1.97. The lowest BCUT2D eigenvalue weighted by atomic mass is 10.2. The minimum absolute atomic E-state index is 0.108. The summed E-state index contributed by atoms with van der Waals surface area (Å²) in [6, 6.07) is 7.88. The number of carbonyl (C=O) groups excluding carboxylic acids is 2. The van der Waals surface area contributed by atoms with Crippen LogP contribution in [0.3, 0.4) is 0 Å². The van der Waals surface area contributed by atoms with Crippen LogP contribution in [0.1, 0.15) is 31.7 Å². The van der Waals surface area contributed by atoms with Crippen molar-refractivity contribution in [2.45, 2.75) is 32.7 Å². The van der Waals surface area contributed by atoms with E-state index in [2.05, 4.69) is 36.6 Å². The van der Waals surface area contributed by atoms with Gasteiger partial charge >= 0.3 is 0 Å². The van der Waals surface area contributed by atoms with Crippen molar-refractivity contribution >= 4 is 33.7 Å². The lowest BCUT2D eigenvalue weighted by molar-refractivity contribution is -0.124. The maximum atomic E-state index is 11.8. The van der Waals surface area contributed by atoms with Gasteiger partial charge in [0.1, 0.15) is 6.33 Å². The minimum Gasteiger partial charge on any atom is -0.356 e. The van der Waals surface area contributed by atoms with E-state index in [1.807, 2.05) is 31.2 Å². The monoisotopic (exact) mass is 393 g/mol. The molecule has 0 atom stereocenters. The van der Waals surface area contributed by atoms with E-state index in [-0.39, 0.29) is 30.6 Å². The normalized spacial score (nSPS) is 10.4. The maximum absolute atomic E-state index is 11.8. The molecule has 0 saturated carbocycles. The number of rotatable bonds is 8. The molecule has 8 heteroatoms. The Labute approximate surface area is 149 Å². The molecule has 0 bridgehead atoms. The van der Waals surface area contributed by atoms with Crippen molar-refractivity contribution in [2.24, 2.45) is 0 Å². The zero-order valence-electron chi connectivity index (χ0n) is 13.5. The molecule has 0 spiro atoms. The lowest BCUT2D eigenvalue weighted by Crippen LogP contribution is -2.25. The molecule has 0 aliphatic carbocycles. The minimum atomic E-state index is -0.275. The van der Waals surface area contributed by atoms with Crippen molar-refractivity contribution in [1.82, 2.24) is 20.1 Å². The van der Waals surface area contributed by atoms with Gasteiger partial charge in [-0.3, -0.25) is 14.9 Å². The summed E-state index contributed by atoms with van der Waals surface area (Å²) in [7, 11) is 0. The van der Waals surface area contributed by atoms with Gasteiger partial charge in [-0.1, -0.05) is 35.0 Å². The number of aromatic nitrogens is 3. The summed E-state index contributed by atoms with van der Waals surface area (Å²) in [5, 5.41) is 9.53. The molecule has 2 N–H and O–H groups in total. The zero-order chi connectivity index (χ0) is 17.4. The number of hydrogen-bond acceptors (Lipinski definition) is 4. The second kappa shape index (κ2) is 9.17. The van der Waals surface area contributed by atoms with Gasteiger partial charge in [-0.2, -0.15) is 0 Å². The number of halogens is 1. The highest BCUT2D eigenvalue weighted by Crippen LogP contribution is 2.11. The molecule has 0 saturated heterocycles. The van der Waals surface area contributed by atoms with E-state index in [1.54, 1.807) is 11.0 Å². The molecule has 1 aromatic carbocycles. The second-order valence-corrected chi connectivity index (χ2v) is 6.21. The first-order chi connectivity index (χ1) is 11.6. The molecular weight excluding hydrogens is 374 g/mol. The predicted molar refractivity (Wildman–Crippen MR) is 94.4 cm³/mol. The van der Waals surface area contributed by atoms with E-state index in [9.17, 15) is 9.59 Å². The van der Waals surface area contributed by atoms with Gasteiger partial charge in [0.05, 0.1) is 6.54 Å². The number of amides is 2. The van der Waals surface area contributed by atoms with Crippen LogP contribution in [-0.2, 0) is 16.1 Å². The van der Waals surface area contributed by atoms with E-state index >= 15 is 0 Å². The number of nitrogens with zero attached hydrogens (tertiary/aromatic N) is 3. The molecule has 24 heavy (non-hydrogen) atoms. The van der Waals surface area contributed by atoms with E-state index < -0.39 is 0 Å². The zero-order valence-corrected chi connectivity index (χ0v) is 15.0. The predicted octanol–water partition coefficient (Wildman–Crippen LogP) is 2.33. The highest BCUT2D eigenvalue weighted by Gasteiger charge is 2.09. The van der Waals surface area contributed by atoms with Crippen LogP contribution in [0.4, 0.5) is 5.95 Å². The first-order valence-corrected chi connectivity index (χ1v) is 8.56. The van der Waals surface area contributed by atoms with Crippen LogP contribution < -0.4 is 10.6 Å². The van der Waals surface area contributed by atoms with Gasteiger partial charge in [0, 0.05) is 23.9 Å². The lowest BCUT2D eigenvalue weighted by Gasteiger charge is -2.03. The highest BCUT2D eigenvalue weighted by atomic mass is 79.9. The van der Waals surface area contributed by atoms with E-state index in [4.69, 9.17) is 0 Å². The van der Waals surface area contributed by atoms with Crippen LogP contribution in [0.25, 0.3) is 0 Å². The molecule has 1 heterocycles. The molecular formula is C16H20BrN5O2. The Bertz CT molecular complexity index is 684. The summed E-state index contributed by atoms with van der Waals surface area (Å²) >= 11 is 3.39. The second-order valence-electron chi connectivity index (χ2n) is 5.29. The number of anilines is 1. The number of carbonyl (C=O) groups is 2. The Hall–Kier alpha value is -2.22. The first-order valence-electron chi connectivity index (χ1n) is 7.77. The maximum Gasteiger partial charge on any atom is 0.248 e. The summed E-state index contributed by atoms with van der Waals surface area (Å²) in [4.78, 5) is 27.3. The van der Waals surface area contributed by atoms with Crippen molar-refractivity contribution in [1.29, 1.82) is 0 Å². The molecule has 0 radical (unpaired) electrons. The number of benzene rings is 1. The van der Waals surface area contributed by atoms with Crippen molar-refractivity contribution < 1.29 is 9.59 Å². The van der Waals surface area contributed by atoms with Crippen molar-refractivity contribution in [3.8, 4) is 0 Å². The van der Waals surface area contributed by atoms with Crippen molar-refractivity contribution in [3.05, 3.63) is 40.6 Å². The van der Waals surface area contributed by atoms with Gasteiger partial charge < -0.3 is 5.32 Å². The fraction of sp³-hybridized carbons (Fsp3) is 0.375. The summed E-state index contributed by atoms with van der Waals surface area (Å²) in [5.41, 5.74) is 1.08. The summed E-state index contributed by atoms with van der Waals surface area (Å²) in [6.45, 7) is 3.17. The molecule has 0 fully saturated rings. The largest absolute Gasteiger partial charge is 0.356 e. The Balaban J connectivity index is 1.79. The Morgan fingerprint density at radius 1 is 1.17 bits per heavy atom. The van der Waals surface area contributed by atoms with E-state index in [1.165, 1.54) is 0 Å². The highest BCUT2D eigenvalue weighted by molar-refractivity contribution is 9.10. The van der Waals surface area contributed by atoms with Crippen LogP contribution in [0.2, 0.25) is 0 Å². The molecule has 2 rings (SSSR count). The smallest absolute Gasteiger partial charge is 0.248 e. The van der Waals surface area contributed by atoms with E-state index in [0.29, 0.717) is 13.1 Å². The molecule has 2 aromatic rings. The van der Waals surface area contributed by atoms with Gasteiger partial charge in [0.2, 0.25) is 17.8 Å². The Morgan fingerprint density at radius 2 is 1.88 bits per heavy atom. The first kappa shape index (κ1) is 18.1. The summed E-state index contributed by atoms with van der Waals surface area (Å²) in [5.74, 6) is -0.158. The Kier molecular flexibility index (Phi) is 6.92. The molecule has 0 aliphatic rings. The molecule has 7 nitrogen and oxygen atoms in total. The average Bonchev–Trinajstić information content (AvgIpc) is 3.00. The van der Waals surface area contributed by atoms with Gasteiger partial charge in [0.15, 0.2) is 0 Å². The van der Waals surface area contributed by atoms with Gasteiger partial charge in [-0.05, 0) is 24.1 Å². The molecule has 0 unspecified atom stereocenters. The molecule has 0 aliphatic heterocycles. The average molecular weight is 394 g/mol. The third-order valence-electron chi connectivity index (χ3n) is 3.20.